The zero-order valence-corrected chi connectivity index (χ0v) is 18.8. The monoisotopic (exact) mass is 466 g/mol. The van der Waals surface area contributed by atoms with Gasteiger partial charge in [0.25, 0.3) is 0 Å². The number of urea groups is 1. The number of thiazole rings is 1. The highest BCUT2D eigenvalue weighted by molar-refractivity contribution is 7.22. The third-order valence-corrected chi connectivity index (χ3v) is 5.68. The van der Waals surface area contributed by atoms with Crippen molar-refractivity contribution in [2.75, 3.05) is 50.6 Å². The lowest BCUT2D eigenvalue weighted by Crippen LogP contribution is -2.32. The molecule has 0 unspecified atom stereocenters. The van der Waals surface area contributed by atoms with Crippen LogP contribution in [0.1, 0.15) is 6.42 Å². The lowest BCUT2D eigenvalue weighted by atomic mass is 10.2. The number of fused-ring (bicyclic) bond motifs is 1. The molecule has 1 aromatic carbocycles. The van der Waals surface area contributed by atoms with E-state index in [-0.39, 0.29) is 12.6 Å². The van der Waals surface area contributed by atoms with Gasteiger partial charge in [-0.05, 0) is 50.3 Å². The van der Waals surface area contributed by atoms with Crippen molar-refractivity contribution >= 4 is 56.0 Å². The van der Waals surface area contributed by atoms with E-state index in [2.05, 4.69) is 20.6 Å². The molecular weight excluding hydrogens is 443 g/mol. The summed E-state index contributed by atoms with van der Waals surface area (Å²) in [4.78, 5) is 25.2. The van der Waals surface area contributed by atoms with E-state index in [1.54, 1.807) is 36.2 Å². The number of aliphatic hydroxyl groups is 1. The van der Waals surface area contributed by atoms with Gasteiger partial charge in [-0.25, -0.2) is 19.2 Å². The summed E-state index contributed by atoms with van der Waals surface area (Å²) in [6.45, 7) is 2.00. The van der Waals surface area contributed by atoms with E-state index in [9.17, 15) is 9.18 Å². The number of aliphatic hydroxyl groups excluding tert-OH is 1. The quantitative estimate of drug-likeness (QED) is 0.416. The third kappa shape index (κ3) is 6.23. The van der Waals surface area contributed by atoms with Crippen molar-refractivity contribution in [2.45, 2.75) is 6.42 Å². The number of carbonyl (C=O) groups is 1. The summed E-state index contributed by atoms with van der Waals surface area (Å²) in [6, 6.07) is 7.64. The number of rotatable bonds is 9. The Labute approximate surface area is 188 Å². The standard InChI is InChI=1S/C20H24ClFN6O2S/c1-27(10-11-29)9-3-8-23-19(30)26-20-24-15-5-7-17(25-18(15)31-20)28(2)16-6-4-13(21)12-14(16)22/h4-7,12,29H,3,8-11H2,1-2H3,(H2,23,24,26,30). The van der Waals surface area contributed by atoms with Gasteiger partial charge in [0.05, 0.1) is 12.3 Å². The largest absolute Gasteiger partial charge is 0.395 e. The molecule has 0 aliphatic heterocycles. The zero-order valence-electron chi connectivity index (χ0n) is 17.2. The van der Waals surface area contributed by atoms with E-state index in [1.807, 2.05) is 11.9 Å². The highest BCUT2D eigenvalue weighted by Gasteiger charge is 2.14. The Morgan fingerprint density at radius 2 is 2.03 bits per heavy atom. The smallest absolute Gasteiger partial charge is 0.321 e. The van der Waals surface area contributed by atoms with Gasteiger partial charge < -0.3 is 20.2 Å². The molecule has 2 heterocycles. The minimum absolute atomic E-state index is 0.113. The topological polar surface area (TPSA) is 93.6 Å². The number of pyridine rings is 1. The van der Waals surface area contributed by atoms with Gasteiger partial charge in [0.2, 0.25) is 0 Å². The Kier molecular flexibility index (Phi) is 7.97. The van der Waals surface area contributed by atoms with Crippen LogP contribution in [0.3, 0.4) is 0 Å². The number of amides is 2. The van der Waals surface area contributed by atoms with Crippen LogP contribution < -0.4 is 15.5 Å². The predicted molar refractivity (Wildman–Crippen MR) is 123 cm³/mol. The summed E-state index contributed by atoms with van der Waals surface area (Å²) < 4.78 is 14.2. The van der Waals surface area contributed by atoms with Crippen molar-refractivity contribution in [1.29, 1.82) is 0 Å². The maximum atomic E-state index is 14.2. The highest BCUT2D eigenvalue weighted by atomic mass is 35.5. The Balaban J connectivity index is 1.61. The van der Waals surface area contributed by atoms with Crippen LogP contribution >= 0.6 is 22.9 Å². The van der Waals surface area contributed by atoms with Gasteiger partial charge in [-0.1, -0.05) is 22.9 Å². The second kappa shape index (κ2) is 10.7. The van der Waals surface area contributed by atoms with E-state index < -0.39 is 5.82 Å². The SMILES string of the molecule is CN(CCO)CCCNC(=O)Nc1nc2ccc(N(C)c3ccc(Cl)cc3F)nc2s1. The normalized spacial score (nSPS) is 11.2. The summed E-state index contributed by atoms with van der Waals surface area (Å²) in [5, 5.41) is 15.1. The van der Waals surface area contributed by atoms with Gasteiger partial charge in [-0.2, -0.15) is 0 Å². The lowest BCUT2D eigenvalue weighted by molar-refractivity contribution is 0.219. The van der Waals surface area contributed by atoms with E-state index in [1.165, 1.54) is 17.4 Å². The highest BCUT2D eigenvalue weighted by Crippen LogP contribution is 2.30. The first-order chi connectivity index (χ1) is 14.9. The molecule has 0 aliphatic carbocycles. The molecule has 2 amide bonds. The van der Waals surface area contributed by atoms with Crippen molar-refractivity contribution in [2.24, 2.45) is 0 Å². The van der Waals surface area contributed by atoms with Crippen LogP contribution in [-0.2, 0) is 0 Å². The molecule has 0 spiro atoms. The maximum Gasteiger partial charge on any atom is 0.321 e. The number of carbonyl (C=O) groups excluding carboxylic acids is 1. The maximum absolute atomic E-state index is 14.2. The van der Waals surface area contributed by atoms with Gasteiger partial charge in [-0.15, -0.1) is 0 Å². The first-order valence-corrected chi connectivity index (χ1v) is 10.9. The molecule has 3 aromatic rings. The van der Waals surface area contributed by atoms with Crippen LogP contribution in [0.25, 0.3) is 10.3 Å². The van der Waals surface area contributed by atoms with Crippen molar-refractivity contribution < 1.29 is 14.3 Å². The fourth-order valence-electron chi connectivity index (χ4n) is 2.90. The molecule has 0 bridgehead atoms. The molecule has 0 aliphatic rings. The second-order valence-electron chi connectivity index (χ2n) is 6.93. The number of hydrogen-bond acceptors (Lipinski definition) is 7. The van der Waals surface area contributed by atoms with Gasteiger partial charge in [-0.3, -0.25) is 5.32 Å². The lowest BCUT2D eigenvalue weighted by Gasteiger charge is -2.18. The number of benzene rings is 1. The molecular formula is C20H24ClFN6O2S. The molecule has 0 saturated heterocycles. The molecule has 31 heavy (non-hydrogen) atoms. The van der Waals surface area contributed by atoms with Gasteiger partial charge >= 0.3 is 6.03 Å². The third-order valence-electron chi connectivity index (χ3n) is 4.56. The average Bonchev–Trinajstić information content (AvgIpc) is 3.12. The Hall–Kier alpha value is -2.53. The van der Waals surface area contributed by atoms with Crippen molar-refractivity contribution in [1.82, 2.24) is 20.2 Å². The fraction of sp³-hybridized carbons (Fsp3) is 0.350. The summed E-state index contributed by atoms with van der Waals surface area (Å²) in [5.41, 5.74) is 0.989. The Bertz CT molecular complexity index is 1050. The number of nitrogens with one attached hydrogen (secondary N) is 2. The number of anilines is 3. The van der Waals surface area contributed by atoms with Crippen molar-refractivity contribution in [3.63, 3.8) is 0 Å². The summed E-state index contributed by atoms with van der Waals surface area (Å²) >= 11 is 7.06. The Morgan fingerprint density at radius 1 is 1.23 bits per heavy atom. The van der Waals surface area contributed by atoms with Crippen LogP contribution in [0.4, 0.5) is 25.8 Å². The molecule has 11 heteroatoms. The van der Waals surface area contributed by atoms with Crippen LogP contribution in [0.2, 0.25) is 5.02 Å². The number of nitrogens with zero attached hydrogens (tertiary/aromatic N) is 4. The molecule has 3 rings (SSSR count). The summed E-state index contributed by atoms with van der Waals surface area (Å²) in [6.07, 6.45) is 0.766. The van der Waals surface area contributed by atoms with Crippen LogP contribution in [0.15, 0.2) is 30.3 Å². The molecule has 8 nitrogen and oxygen atoms in total. The van der Waals surface area contributed by atoms with Crippen LogP contribution in [-0.4, -0.2) is 66.3 Å². The fourth-order valence-corrected chi connectivity index (χ4v) is 3.89. The number of likely N-dealkylation sites (N-methyl/N-ethyl adjacent to an activating group) is 1. The minimum Gasteiger partial charge on any atom is -0.395 e. The first kappa shape index (κ1) is 23.1. The number of halogens is 2. The molecule has 2 aromatic heterocycles. The average molecular weight is 467 g/mol. The Morgan fingerprint density at radius 3 is 2.77 bits per heavy atom. The molecule has 0 radical (unpaired) electrons. The van der Waals surface area contributed by atoms with Gasteiger partial charge in [0.1, 0.15) is 22.0 Å². The van der Waals surface area contributed by atoms with E-state index >= 15 is 0 Å². The van der Waals surface area contributed by atoms with Gasteiger partial charge in [0.15, 0.2) is 5.13 Å². The zero-order chi connectivity index (χ0) is 22.4. The molecule has 0 fully saturated rings. The van der Waals surface area contributed by atoms with Crippen LogP contribution in [0.5, 0.6) is 0 Å². The molecule has 3 N–H and O–H groups in total. The van der Waals surface area contributed by atoms with Crippen molar-refractivity contribution in [3.05, 3.63) is 41.2 Å². The van der Waals surface area contributed by atoms with E-state index in [4.69, 9.17) is 16.7 Å². The summed E-state index contributed by atoms with van der Waals surface area (Å²) in [5.74, 6) is 0.100. The predicted octanol–water partition coefficient (Wildman–Crippen LogP) is 3.69. The molecule has 0 atom stereocenters. The molecule has 0 saturated carbocycles. The van der Waals surface area contributed by atoms with E-state index in [0.29, 0.717) is 45.1 Å². The first-order valence-electron chi connectivity index (χ1n) is 9.68. The molecule has 166 valence electrons. The summed E-state index contributed by atoms with van der Waals surface area (Å²) in [7, 11) is 3.63. The van der Waals surface area contributed by atoms with E-state index in [0.717, 1.165) is 13.0 Å². The second-order valence-corrected chi connectivity index (χ2v) is 8.34. The van der Waals surface area contributed by atoms with Gasteiger partial charge in [0, 0.05) is 25.2 Å². The number of hydrogen-bond donors (Lipinski definition) is 3. The van der Waals surface area contributed by atoms with Crippen molar-refractivity contribution in [3.8, 4) is 0 Å². The minimum atomic E-state index is -0.442. The van der Waals surface area contributed by atoms with Crippen LogP contribution in [0, 0.1) is 5.82 Å². The number of aromatic nitrogens is 2.